The Kier molecular flexibility index (Phi) is 6.65. The minimum atomic E-state index is -0.705. The average molecular weight is 406 g/mol. The Labute approximate surface area is 167 Å². The predicted octanol–water partition coefficient (Wildman–Crippen LogP) is 2.39. The van der Waals surface area contributed by atoms with Gasteiger partial charge in [0.15, 0.2) is 5.69 Å². The molecule has 0 bridgehead atoms. The van der Waals surface area contributed by atoms with Crippen LogP contribution in [0.1, 0.15) is 11.1 Å². The summed E-state index contributed by atoms with van der Waals surface area (Å²) < 4.78 is 33.9. The molecule has 0 saturated carbocycles. The highest BCUT2D eigenvalue weighted by Crippen LogP contribution is 2.34. The number of aromatic nitrogens is 2. The Hall–Kier alpha value is -3.14. The summed E-state index contributed by atoms with van der Waals surface area (Å²) in [4.78, 5) is 22.7. The van der Waals surface area contributed by atoms with Crippen LogP contribution in [0.4, 0.5) is 20.8 Å². The first-order chi connectivity index (χ1) is 14.0. The second kappa shape index (κ2) is 9.37. The summed E-state index contributed by atoms with van der Waals surface area (Å²) in [7, 11) is 4.37. The standard InChI is InChI=1S/C19H23FN4O5/c1-26-8-9-29-19(25)21-15-16(27-2)22-18(23-17(15)28-3)24-7-6-12-10-14(20)5-4-13(12)11-24/h4-5,10H,6-9,11H2,1-3H3,(H,21,25). The van der Waals surface area contributed by atoms with E-state index >= 15 is 0 Å². The van der Waals surface area contributed by atoms with Crippen molar-refractivity contribution in [3.05, 3.63) is 35.1 Å². The van der Waals surface area contributed by atoms with Crippen LogP contribution in [0.15, 0.2) is 18.2 Å². The van der Waals surface area contributed by atoms with Gasteiger partial charge >= 0.3 is 6.09 Å². The van der Waals surface area contributed by atoms with Gasteiger partial charge in [-0.2, -0.15) is 9.97 Å². The quantitative estimate of drug-likeness (QED) is 0.701. The SMILES string of the molecule is COCCOC(=O)Nc1c(OC)nc(N2CCc3cc(F)ccc3C2)nc1OC. The number of methoxy groups -OCH3 is 3. The number of hydrogen-bond acceptors (Lipinski definition) is 8. The number of fused-ring (bicyclic) bond motifs is 1. The fourth-order valence-corrected chi connectivity index (χ4v) is 3.00. The minimum absolute atomic E-state index is 0.0969. The van der Waals surface area contributed by atoms with Crippen molar-refractivity contribution in [1.82, 2.24) is 9.97 Å². The molecule has 1 N–H and O–H groups in total. The molecule has 0 radical (unpaired) electrons. The van der Waals surface area contributed by atoms with Crippen molar-refractivity contribution in [1.29, 1.82) is 0 Å². The Balaban J connectivity index is 1.82. The number of hydrogen-bond donors (Lipinski definition) is 1. The lowest BCUT2D eigenvalue weighted by molar-refractivity contribution is 0.107. The zero-order valence-electron chi connectivity index (χ0n) is 16.5. The van der Waals surface area contributed by atoms with E-state index in [1.165, 1.54) is 27.4 Å². The normalized spacial score (nSPS) is 12.9. The number of benzene rings is 1. The molecule has 0 unspecified atom stereocenters. The highest BCUT2D eigenvalue weighted by Gasteiger charge is 2.24. The van der Waals surface area contributed by atoms with Crippen LogP contribution in [0, 0.1) is 5.82 Å². The summed E-state index contributed by atoms with van der Waals surface area (Å²) in [6.07, 6.45) is -0.0451. The van der Waals surface area contributed by atoms with E-state index in [4.69, 9.17) is 18.9 Å². The lowest BCUT2D eigenvalue weighted by Gasteiger charge is -2.29. The van der Waals surface area contributed by atoms with Crippen LogP contribution in [-0.4, -0.2) is 57.1 Å². The molecule has 1 aromatic heterocycles. The van der Waals surface area contributed by atoms with Gasteiger partial charge in [-0.05, 0) is 29.7 Å². The van der Waals surface area contributed by atoms with Gasteiger partial charge in [-0.3, -0.25) is 5.32 Å². The highest BCUT2D eigenvalue weighted by molar-refractivity contribution is 5.88. The summed E-state index contributed by atoms with van der Waals surface area (Å²) >= 11 is 0. The molecular weight excluding hydrogens is 383 g/mol. The largest absolute Gasteiger partial charge is 0.479 e. The van der Waals surface area contributed by atoms with E-state index in [1.807, 2.05) is 4.90 Å². The monoisotopic (exact) mass is 406 g/mol. The Morgan fingerprint density at radius 2 is 1.86 bits per heavy atom. The summed E-state index contributed by atoms with van der Waals surface area (Å²) in [6.45, 7) is 1.50. The third-order valence-corrected chi connectivity index (χ3v) is 4.43. The average Bonchev–Trinajstić information content (AvgIpc) is 2.73. The van der Waals surface area contributed by atoms with Gasteiger partial charge in [0, 0.05) is 20.2 Å². The van der Waals surface area contributed by atoms with E-state index in [9.17, 15) is 9.18 Å². The molecule has 1 aliphatic heterocycles. The van der Waals surface area contributed by atoms with Gasteiger partial charge in [-0.1, -0.05) is 6.07 Å². The first-order valence-corrected chi connectivity index (χ1v) is 9.00. The van der Waals surface area contributed by atoms with Crippen LogP contribution in [-0.2, 0) is 22.4 Å². The van der Waals surface area contributed by atoms with E-state index in [-0.39, 0.29) is 36.5 Å². The lowest BCUT2D eigenvalue weighted by atomic mass is 10.00. The Bertz CT molecular complexity index is 855. The molecule has 2 aromatic rings. The molecule has 0 spiro atoms. The molecule has 1 amide bonds. The van der Waals surface area contributed by atoms with Crippen molar-refractivity contribution in [3.8, 4) is 11.8 Å². The van der Waals surface area contributed by atoms with Crippen LogP contribution >= 0.6 is 0 Å². The predicted molar refractivity (Wildman–Crippen MR) is 103 cm³/mol. The fraction of sp³-hybridized carbons (Fsp3) is 0.421. The van der Waals surface area contributed by atoms with Gasteiger partial charge in [-0.15, -0.1) is 0 Å². The molecule has 156 valence electrons. The minimum Gasteiger partial charge on any atom is -0.479 e. The summed E-state index contributed by atoms with van der Waals surface area (Å²) in [5, 5.41) is 2.54. The third-order valence-electron chi connectivity index (χ3n) is 4.43. The maximum Gasteiger partial charge on any atom is 0.412 e. The second-order valence-corrected chi connectivity index (χ2v) is 6.26. The van der Waals surface area contributed by atoms with E-state index in [2.05, 4.69) is 15.3 Å². The van der Waals surface area contributed by atoms with Crippen molar-refractivity contribution in [2.75, 3.05) is 51.3 Å². The molecule has 1 aliphatic rings. The first-order valence-electron chi connectivity index (χ1n) is 9.00. The Morgan fingerprint density at radius 1 is 1.14 bits per heavy atom. The number of nitrogens with one attached hydrogen (secondary N) is 1. The van der Waals surface area contributed by atoms with Gasteiger partial charge in [0.25, 0.3) is 0 Å². The number of rotatable bonds is 7. The van der Waals surface area contributed by atoms with Gasteiger partial charge < -0.3 is 23.8 Å². The molecule has 1 aromatic carbocycles. The van der Waals surface area contributed by atoms with Crippen molar-refractivity contribution in [3.63, 3.8) is 0 Å². The lowest BCUT2D eigenvalue weighted by Crippen LogP contribution is -2.32. The number of anilines is 2. The second-order valence-electron chi connectivity index (χ2n) is 6.26. The highest BCUT2D eigenvalue weighted by atomic mass is 19.1. The van der Waals surface area contributed by atoms with Crippen LogP contribution in [0.25, 0.3) is 0 Å². The van der Waals surface area contributed by atoms with E-state index in [0.29, 0.717) is 25.5 Å². The number of nitrogens with zero attached hydrogens (tertiary/aromatic N) is 3. The number of carbonyl (C=O) groups is 1. The summed E-state index contributed by atoms with van der Waals surface area (Å²) in [6, 6.07) is 4.75. The number of ether oxygens (including phenoxy) is 4. The molecule has 10 heteroatoms. The third kappa shape index (κ3) is 4.83. The Morgan fingerprint density at radius 3 is 2.52 bits per heavy atom. The van der Waals surface area contributed by atoms with Crippen LogP contribution in [0.5, 0.6) is 11.8 Å². The van der Waals surface area contributed by atoms with Crippen molar-refractivity contribution in [2.45, 2.75) is 13.0 Å². The van der Waals surface area contributed by atoms with E-state index in [0.717, 1.165) is 11.1 Å². The molecular formula is C19H23FN4O5. The van der Waals surface area contributed by atoms with Crippen LogP contribution in [0.3, 0.4) is 0 Å². The molecule has 2 heterocycles. The zero-order chi connectivity index (χ0) is 20.8. The van der Waals surface area contributed by atoms with Gasteiger partial charge in [0.1, 0.15) is 12.4 Å². The van der Waals surface area contributed by atoms with E-state index in [1.54, 1.807) is 12.1 Å². The summed E-state index contributed by atoms with van der Waals surface area (Å²) in [5.41, 5.74) is 2.14. The van der Waals surface area contributed by atoms with Crippen molar-refractivity contribution >= 4 is 17.7 Å². The number of amides is 1. The van der Waals surface area contributed by atoms with Gasteiger partial charge in [0.2, 0.25) is 17.7 Å². The molecule has 0 saturated heterocycles. The molecule has 29 heavy (non-hydrogen) atoms. The molecule has 0 aliphatic carbocycles. The fourth-order valence-electron chi connectivity index (χ4n) is 3.00. The molecule has 0 atom stereocenters. The summed E-state index contributed by atoms with van der Waals surface area (Å²) in [5.74, 6) is 0.414. The number of halogens is 1. The topological polar surface area (TPSA) is 95.0 Å². The van der Waals surface area contributed by atoms with Crippen LogP contribution in [0.2, 0.25) is 0 Å². The van der Waals surface area contributed by atoms with Crippen molar-refractivity contribution < 1.29 is 28.1 Å². The first kappa shape index (κ1) is 20.6. The maximum absolute atomic E-state index is 13.4. The van der Waals surface area contributed by atoms with Gasteiger partial charge in [0.05, 0.1) is 20.8 Å². The molecule has 3 rings (SSSR count). The maximum atomic E-state index is 13.4. The van der Waals surface area contributed by atoms with Crippen molar-refractivity contribution in [2.24, 2.45) is 0 Å². The van der Waals surface area contributed by atoms with Gasteiger partial charge in [-0.25, -0.2) is 9.18 Å². The van der Waals surface area contributed by atoms with E-state index < -0.39 is 6.09 Å². The zero-order valence-corrected chi connectivity index (χ0v) is 16.5. The molecule has 9 nitrogen and oxygen atoms in total. The van der Waals surface area contributed by atoms with Crippen LogP contribution < -0.4 is 19.7 Å². The number of carbonyl (C=O) groups excluding carboxylic acids is 1. The smallest absolute Gasteiger partial charge is 0.412 e. The molecule has 0 fully saturated rings.